The smallest absolute Gasteiger partial charge is 0.226 e. The molecular weight excluding hydrogens is 298 g/mol. The van der Waals surface area contributed by atoms with Gasteiger partial charge in [0.25, 0.3) is 0 Å². The van der Waals surface area contributed by atoms with Gasteiger partial charge in [-0.15, -0.1) is 0 Å². The maximum atomic E-state index is 12.4. The van der Waals surface area contributed by atoms with Gasteiger partial charge in [0, 0.05) is 13.1 Å². The summed E-state index contributed by atoms with van der Waals surface area (Å²) in [6, 6.07) is 5.41. The van der Waals surface area contributed by atoms with Crippen molar-refractivity contribution in [3.05, 3.63) is 29.3 Å². The van der Waals surface area contributed by atoms with Gasteiger partial charge < -0.3 is 4.90 Å². The Balaban J connectivity index is 1.74. The Labute approximate surface area is 132 Å². The molecule has 120 valence electrons. The average Bonchev–Trinajstić information content (AvgIpc) is 2.76. The summed E-state index contributed by atoms with van der Waals surface area (Å²) in [6.07, 6.45) is 6.45. The molecule has 1 saturated heterocycles. The van der Waals surface area contributed by atoms with Crippen LogP contribution in [0.3, 0.4) is 0 Å². The molecule has 0 aliphatic carbocycles. The van der Waals surface area contributed by atoms with Gasteiger partial charge in [-0.25, -0.2) is 8.42 Å². The Bertz CT molecular complexity index is 658. The van der Waals surface area contributed by atoms with E-state index in [2.05, 4.69) is 0 Å². The van der Waals surface area contributed by atoms with E-state index in [1.54, 1.807) is 12.1 Å². The molecule has 2 heterocycles. The molecule has 1 fully saturated rings. The summed E-state index contributed by atoms with van der Waals surface area (Å²) in [5, 5.41) is 0. The van der Waals surface area contributed by atoms with Crippen molar-refractivity contribution in [1.29, 1.82) is 0 Å². The van der Waals surface area contributed by atoms with Crippen LogP contribution in [0.1, 0.15) is 43.2 Å². The van der Waals surface area contributed by atoms with E-state index in [0.29, 0.717) is 17.7 Å². The van der Waals surface area contributed by atoms with Crippen molar-refractivity contribution in [3.63, 3.8) is 0 Å². The molecule has 22 heavy (non-hydrogen) atoms. The summed E-state index contributed by atoms with van der Waals surface area (Å²) < 4.78 is 24.0. The highest BCUT2D eigenvalue weighted by Crippen LogP contribution is 2.26. The lowest BCUT2D eigenvalue weighted by Gasteiger charge is -2.21. The molecule has 0 bridgehead atoms. The van der Waals surface area contributed by atoms with Crippen molar-refractivity contribution in [2.75, 3.05) is 18.8 Å². The third-order valence-corrected chi connectivity index (χ3v) is 6.53. The van der Waals surface area contributed by atoms with E-state index < -0.39 is 9.84 Å². The van der Waals surface area contributed by atoms with Crippen molar-refractivity contribution in [3.8, 4) is 0 Å². The van der Waals surface area contributed by atoms with Crippen LogP contribution in [0.15, 0.2) is 23.1 Å². The summed E-state index contributed by atoms with van der Waals surface area (Å²) in [7, 11) is -3.11. The largest absolute Gasteiger partial charge is 0.342 e. The van der Waals surface area contributed by atoms with E-state index in [1.165, 1.54) is 12.8 Å². The number of nitrogens with zero attached hydrogens (tertiary/aromatic N) is 1. The van der Waals surface area contributed by atoms with Crippen molar-refractivity contribution >= 4 is 15.7 Å². The van der Waals surface area contributed by atoms with Crippen LogP contribution in [0.2, 0.25) is 0 Å². The molecule has 0 atom stereocenters. The minimum Gasteiger partial charge on any atom is -0.342 e. The van der Waals surface area contributed by atoms with E-state index in [-0.39, 0.29) is 11.7 Å². The third-order valence-electron chi connectivity index (χ3n) is 4.63. The minimum absolute atomic E-state index is 0.167. The molecule has 2 aliphatic rings. The van der Waals surface area contributed by atoms with Gasteiger partial charge in [-0.3, -0.25) is 4.79 Å². The quantitative estimate of drug-likeness (QED) is 0.840. The van der Waals surface area contributed by atoms with Crippen LogP contribution in [0.5, 0.6) is 0 Å². The number of carbonyl (C=O) groups is 1. The summed E-state index contributed by atoms with van der Waals surface area (Å²) in [5.74, 6) is 0.409. The van der Waals surface area contributed by atoms with Crippen molar-refractivity contribution in [2.24, 2.45) is 0 Å². The van der Waals surface area contributed by atoms with E-state index in [0.717, 1.165) is 43.5 Å². The van der Waals surface area contributed by atoms with Gasteiger partial charge in [-0.2, -0.15) is 0 Å². The molecule has 0 aromatic heterocycles. The van der Waals surface area contributed by atoms with Gasteiger partial charge in [0.05, 0.1) is 17.1 Å². The lowest BCUT2D eigenvalue weighted by Crippen LogP contribution is -2.33. The zero-order valence-electron chi connectivity index (χ0n) is 12.9. The SMILES string of the molecule is O=C(Cc1ccc2c(c1)CCCS2(=O)=O)N1CCCCCC1. The van der Waals surface area contributed by atoms with Gasteiger partial charge in [0.2, 0.25) is 5.91 Å². The molecule has 0 spiro atoms. The second kappa shape index (κ2) is 6.41. The molecule has 4 nitrogen and oxygen atoms in total. The number of sulfone groups is 1. The molecule has 1 aromatic rings. The molecule has 1 aromatic carbocycles. The van der Waals surface area contributed by atoms with Gasteiger partial charge in [0.15, 0.2) is 9.84 Å². The number of likely N-dealkylation sites (tertiary alicyclic amines) is 1. The summed E-state index contributed by atoms with van der Waals surface area (Å²) >= 11 is 0. The number of hydrogen-bond acceptors (Lipinski definition) is 3. The van der Waals surface area contributed by atoms with Crippen molar-refractivity contribution in [2.45, 2.75) is 49.8 Å². The molecule has 1 amide bonds. The van der Waals surface area contributed by atoms with Crippen LogP contribution in [0.4, 0.5) is 0 Å². The Morgan fingerprint density at radius 1 is 1.05 bits per heavy atom. The normalized spacial score (nSPS) is 21.0. The van der Waals surface area contributed by atoms with Crippen LogP contribution >= 0.6 is 0 Å². The zero-order chi connectivity index (χ0) is 15.6. The fraction of sp³-hybridized carbons (Fsp3) is 0.588. The standard InChI is InChI=1S/C17H23NO3S/c19-17(18-9-3-1-2-4-10-18)13-14-7-8-16-15(12-14)6-5-11-22(16,20)21/h7-8,12H,1-6,9-11,13H2. The number of rotatable bonds is 2. The van der Waals surface area contributed by atoms with Crippen LogP contribution in [-0.4, -0.2) is 38.1 Å². The first-order valence-corrected chi connectivity index (χ1v) is 9.84. The molecule has 2 aliphatic heterocycles. The zero-order valence-corrected chi connectivity index (χ0v) is 13.7. The van der Waals surface area contributed by atoms with Gasteiger partial charge in [-0.05, 0) is 42.9 Å². The van der Waals surface area contributed by atoms with E-state index in [1.807, 2.05) is 11.0 Å². The molecule has 3 rings (SSSR count). The third kappa shape index (κ3) is 3.35. The average molecular weight is 321 g/mol. The first kappa shape index (κ1) is 15.5. The van der Waals surface area contributed by atoms with E-state index >= 15 is 0 Å². The Kier molecular flexibility index (Phi) is 4.52. The maximum Gasteiger partial charge on any atom is 0.226 e. The fourth-order valence-corrected chi connectivity index (χ4v) is 4.99. The summed E-state index contributed by atoms with van der Waals surface area (Å²) in [5.41, 5.74) is 1.82. The number of hydrogen-bond donors (Lipinski definition) is 0. The lowest BCUT2D eigenvalue weighted by molar-refractivity contribution is -0.130. The van der Waals surface area contributed by atoms with Gasteiger partial charge in [0.1, 0.15) is 0 Å². The lowest BCUT2D eigenvalue weighted by atomic mass is 10.0. The molecule has 0 radical (unpaired) electrons. The second-order valence-electron chi connectivity index (χ2n) is 6.34. The monoisotopic (exact) mass is 321 g/mol. The topological polar surface area (TPSA) is 54.5 Å². The number of aryl methyl sites for hydroxylation is 1. The number of fused-ring (bicyclic) bond motifs is 1. The molecular formula is C17H23NO3S. The van der Waals surface area contributed by atoms with E-state index in [4.69, 9.17) is 0 Å². The van der Waals surface area contributed by atoms with E-state index in [9.17, 15) is 13.2 Å². The predicted octanol–water partition coefficient (Wildman–Crippen LogP) is 2.35. The van der Waals surface area contributed by atoms with Crippen molar-refractivity contribution in [1.82, 2.24) is 4.90 Å². The number of carbonyl (C=O) groups excluding carboxylic acids is 1. The highest BCUT2D eigenvalue weighted by Gasteiger charge is 2.24. The maximum absolute atomic E-state index is 12.4. The molecule has 0 N–H and O–H groups in total. The van der Waals surface area contributed by atoms with Gasteiger partial charge >= 0.3 is 0 Å². The van der Waals surface area contributed by atoms with Crippen LogP contribution in [-0.2, 0) is 27.5 Å². The van der Waals surface area contributed by atoms with Crippen LogP contribution in [0, 0.1) is 0 Å². The molecule has 5 heteroatoms. The first-order chi connectivity index (χ1) is 10.6. The summed E-state index contributed by atoms with van der Waals surface area (Å²) in [4.78, 5) is 14.8. The fourth-order valence-electron chi connectivity index (χ4n) is 3.41. The number of benzene rings is 1. The van der Waals surface area contributed by atoms with Crippen LogP contribution < -0.4 is 0 Å². The predicted molar refractivity (Wildman–Crippen MR) is 85.6 cm³/mol. The Hall–Kier alpha value is -1.36. The number of amides is 1. The first-order valence-electron chi connectivity index (χ1n) is 8.19. The van der Waals surface area contributed by atoms with Crippen LogP contribution in [0.25, 0.3) is 0 Å². The minimum atomic E-state index is -3.11. The van der Waals surface area contributed by atoms with Crippen molar-refractivity contribution < 1.29 is 13.2 Å². The highest BCUT2D eigenvalue weighted by molar-refractivity contribution is 7.91. The molecule has 0 unspecified atom stereocenters. The Morgan fingerprint density at radius 3 is 2.50 bits per heavy atom. The Morgan fingerprint density at radius 2 is 1.77 bits per heavy atom. The second-order valence-corrected chi connectivity index (χ2v) is 8.41. The summed E-state index contributed by atoms with van der Waals surface area (Å²) in [6.45, 7) is 1.72. The highest BCUT2D eigenvalue weighted by atomic mass is 32.2. The van der Waals surface area contributed by atoms with Gasteiger partial charge in [-0.1, -0.05) is 25.0 Å². The molecule has 0 saturated carbocycles.